The minimum Gasteiger partial charge on any atom is -0.492 e. The second-order valence-electron chi connectivity index (χ2n) is 5.35. The van der Waals surface area contributed by atoms with Gasteiger partial charge in [-0.15, -0.1) is 0 Å². The minimum absolute atomic E-state index is 0.446. The molecule has 0 unspecified atom stereocenters. The van der Waals surface area contributed by atoms with Crippen molar-refractivity contribution in [2.45, 2.75) is 0 Å². The molecule has 3 nitrogen and oxygen atoms in total. The summed E-state index contributed by atoms with van der Waals surface area (Å²) < 4.78 is 5.67. The number of halogens is 1. The van der Waals surface area contributed by atoms with Crippen LogP contribution in [0.25, 0.3) is 0 Å². The predicted molar refractivity (Wildman–Crippen MR) is 78.5 cm³/mol. The third-order valence-electron chi connectivity index (χ3n) is 3.71. The van der Waals surface area contributed by atoms with Crippen LogP contribution in [0.3, 0.4) is 0 Å². The molecule has 5 heteroatoms. The van der Waals surface area contributed by atoms with Gasteiger partial charge in [0.25, 0.3) is 0 Å². The second kappa shape index (κ2) is 5.35. The van der Waals surface area contributed by atoms with E-state index < -0.39 is 0 Å². The van der Waals surface area contributed by atoms with Crippen LogP contribution in [0.15, 0.2) is 18.2 Å². The number of thioether (sulfide) groups is 1. The van der Waals surface area contributed by atoms with Crippen LogP contribution in [0.5, 0.6) is 5.75 Å². The molecule has 0 atom stereocenters. The van der Waals surface area contributed by atoms with Crippen molar-refractivity contribution in [3.63, 3.8) is 0 Å². The van der Waals surface area contributed by atoms with Crippen molar-refractivity contribution in [2.75, 3.05) is 37.7 Å². The van der Waals surface area contributed by atoms with E-state index in [-0.39, 0.29) is 0 Å². The van der Waals surface area contributed by atoms with Crippen molar-refractivity contribution in [1.82, 2.24) is 4.90 Å². The molecule has 0 saturated carbocycles. The molecule has 2 heterocycles. The van der Waals surface area contributed by atoms with E-state index in [0.717, 1.165) is 18.6 Å². The lowest BCUT2D eigenvalue weighted by atomic mass is 9.83. The van der Waals surface area contributed by atoms with E-state index in [4.69, 9.17) is 16.3 Å². The van der Waals surface area contributed by atoms with Crippen LogP contribution in [-0.2, 0) is 0 Å². The molecule has 0 aliphatic carbocycles. The molecule has 0 aromatic heterocycles. The maximum atomic E-state index is 10.6. The number of carbonyl (C=O) groups is 1. The van der Waals surface area contributed by atoms with Gasteiger partial charge in [0.1, 0.15) is 12.4 Å². The fraction of sp³-hybridized carbons (Fsp3) is 0.500. The van der Waals surface area contributed by atoms with E-state index in [9.17, 15) is 4.79 Å². The highest BCUT2D eigenvalue weighted by atomic mass is 35.5. The average Bonchev–Trinajstić information content (AvgIpc) is 2.30. The largest absolute Gasteiger partial charge is 0.492 e. The molecule has 0 amide bonds. The Kier molecular flexibility index (Phi) is 3.74. The Balaban J connectivity index is 1.42. The summed E-state index contributed by atoms with van der Waals surface area (Å²) in [6, 6.07) is 5.18. The lowest BCUT2D eigenvalue weighted by Crippen LogP contribution is -2.63. The van der Waals surface area contributed by atoms with E-state index in [0.29, 0.717) is 22.6 Å². The van der Waals surface area contributed by atoms with Gasteiger partial charge in [-0.1, -0.05) is 11.6 Å². The predicted octanol–water partition coefficient (Wildman–Crippen LogP) is 2.58. The van der Waals surface area contributed by atoms with Gasteiger partial charge in [-0.25, -0.2) is 0 Å². The van der Waals surface area contributed by atoms with Gasteiger partial charge in [0.05, 0.1) is 5.02 Å². The van der Waals surface area contributed by atoms with E-state index in [1.54, 1.807) is 18.2 Å². The Bertz CT molecular complexity index is 482. The Morgan fingerprint density at radius 1 is 1.42 bits per heavy atom. The molecule has 102 valence electrons. The molecule has 3 rings (SSSR count). The highest BCUT2D eigenvalue weighted by molar-refractivity contribution is 8.00. The molecule has 2 saturated heterocycles. The SMILES string of the molecule is O=Cc1ccc(OCCN2CC3(CSC3)C2)cc1Cl. The number of rotatable bonds is 5. The number of nitrogens with zero attached hydrogens (tertiary/aromatic N) is 1. The summed E-state index contributed by atoms with van der Waals surface area (Å²) >= 11 is 8.00. The van der Waals surface area contributed by atoms with Crippen LogP contribution in [-0.4, -0.2) is 48.9 Å². The number of benzene rings is 1. The average molecular weight is 298 g/mol. The molecule has 0 bridgehead atoms. The van der Waals surface area contributed by atoms with Gasteiger partial charge < -0.3 is 4.74 Å². The number of aldehydes is 1. The first-order valence-corrected chi connectivity index (χ1v) is 7.92. The van der Waals surface area contributed by atoms with E-state index in [2.05, 4.69) is 4.90 Å². The molecule has 2 aliphatic rings. The highest BCUT2D eigenvalue weighted by Gasteiger charge is 2.47. The number of hydrogen-bond acceptors (Lipinski definition) is 4. The first-order valence-electron chi connectivity index (χ1n) is 6.38. The Hall–Kier alpha value is -0.710. The zero-order chi connectivity index (χ0) is 13.3. The van der Waals surface area contributed by atoms with Crippen LogP contribution < -0.4 is 4.74 Å². The zero-order valence-corrected chi connectivity index (χ0v) is 12.2. The minimum atomic E-state index is 0.446. The van der Waals surface area contributed by atoms with Gasteiger partial charge in [-0.2, -0.15) is 11.8 Å². The molecule has 2 aliphatic heterocycles. The Labute approximate surface area is 122 Å². The summed E-state index contributed by atoms with van der Waals surface area (Å²) in [4.78, 5) is 13.1. The lowest BCUT2D eigenvalue weighted by Gasteiger charge is -2.55. The summed E-state index contributed by atoms with van der Waals surface area (Å²) in [7, 11) is 0. The molecule has 1 aromatic rings. The quantitative estimate of drug-likeness (QED) is 0.781. The third-order valence-corrected chi connectivity index (χ3v) is 5.67. The smallest absolute Gasteiger partial charge is 0.151 e. The summed E-state index contributed by atoms with van der Waals surface area (Å²) in [5.74, 6) is 3.38. The molecule has 1 spiro atoms. The first kappa shape index (κ1) is 13.3. The van der Waals surface area contributed by atoms with Crippen molar-refractivity contribution < 1.29 is 9.53 Å². The van der Waals surface area contributed by atoms with Crippen LogP contribution >= 0.6 is 23.4 Å². The van der Waals surface area contributed by atoms with Crippen molar-refractivity contribution in [3.05, 3.63) is 28.8 Å². The molecular formula is C14H16ClNO2S. The molecule has 0 radical (unpaired) electrons. The van der Waals surface area contributed by atoms with Gasteiger partial charge in [0.2, 0.25) is 0 Å². The van der Waals surface area contributed by atoms with E-state index in [1.807, 2.05) is 11.8 Å². The molecule has 0 N–H and O–H groups in total. The highest BCUT2D eigenvalue weighted by Crippen LogP contribution is 2.44. The summed E-state index contributed by atoms with van der Waals surface area (Å²) in [6.07, 6.45) is 0.752. The van der Waals surface area contributed by atoms with Gasteiger partial charge in [0, 0.05) is 42.1 Å². The Morgan fingerprint density at radius 2 is 2.21 bits per heavy atom. The van der Waals surface area contributed by atoms with Crippen molar-refractivity contribution in [2.24, 2.45) is 5.41 Å². The topological polar surface area (TPSA) is 29.5 Å². The normalized spacial score (nSPS) is 20.7. The standard InChI is InChI=1S/C14H16ClNO2S/c15-13-5-12(2-1-11(13)6-17)18-4-3-16-7-14(8-16)9-19-10-14/h1-2,5-6H,3-4,7-10H2. The first-order chi connectivity index (χ1) is 9.21. The number of likely N-dealkylation sites (tertiary alicyclic amines) is 1. The second-order valence-corrected chi connectivity index (χ2v) is 6.75. The summed E-state index contributed by atoms with van der Waals surface area (Å²) in [5, 5.41) is 0.446. The fourth-order valence-electron chi connectivity index (χ4n) is 2.62. The van der Waals surface area contributed by atoms with Gasteiger partial charge in [-0.3, -0.25) is 9.69 Å². The maximum absolute atomic E-state index is 10.6. The van der Waals surface area contributed by atoms with Gasteiger partial charge in [-0.05, 0) is 18.2 Å². The monoisotopic (exact) mass is 297 g/mol. The zero-order valence-electron chi connectivity index (χ0n) is 10.6. The molecule has 1 aromatic carbocycles. The van der Waals surface area contributed by atoms with Crippen LogP contribution in [0.4, 0.5) is 0 Å². The van der Waals surface area contributed by atoms with Crippen molar-refractivity contribution >= 4 is 29.6 Å². The van der Waals surface area contributed by atoms with E-state index in [1.165, 1.54) is 24.6 Å². The van der Waals surface area contributed by atoms with Crippen LogP contribution in [0.2, 0.25) is 5.02 Å². The van der Waals surface area contributed by atoms with Gasteiger partial charge >= 0.3 is 0 Å². The molecule has 2 fully saturated rings. The van der Waals surface area contributed by atoms with Crippen molar-refractivity contribution in [3.8, 4) is 5.75 Å². The summed E-state index contributed by atoms with van der Waals surface area (Å²) in [6.45, 7) is 4.06. The summed E-state index contributed by atoms with van der Waals surface area (Å²) in [5.41, 5.74) is 1.14. The number of carbonyl (C=O) groups excluding carboxylic acids is 1. The lowest BCUT2D eigenvalue weighted by molar-refractivity contribution is 0.0203. The number of ether oxygens (including phenoxy) is 1. The number of hydrogen-bond donors (Lipinski definition) is 0. The van der Waals surface area contributed by atoms with Crippen LogP contribution in [0.1, 0.15) is 10.4 Å². The Morgan fingerprint density at radius 3 is 2.79 bits per heavy atom. The van der Waals surface area contributed by atoms with E-state index >= 15 is 0 Å². The van der Waals surface area contributed by atoms with Gasteiger partial charge in [0.15, 0.2) is 6.29 Å². The third kappa shape index (κ3) is 2.76. The fourth-order valence-corrected chi connectivity index (χ4v) is 3.98. The van der Waals surface area contributed by atoms with Crippen molar-refractivity contribution in [1.29, 1.82) is 0 Å². The molecular weight excluding hydrogens is 282 g/mol. The van der Waals surface area contributed by atoms with Crippen LogP contribution in [0, 0.1) is 5.41 Å². The maximum Gasteiger partial charge on any atom is 0.151 e. The molecule has 19 heavy (non-hydrogen) atoms.